The highest BCUT2D eigenvalue weighted by Crippen LogP contribution is 2.45. The van der Waals surface area contributed by atoms with Crippen molar-refractivity contribution in [2.45, 2.75) is 44.7 Å². The molecule has 2 fully saturated rings. The van der Waals surface area contributed by atoms with Crippen LogP contribution in [0.3, 0.4) is 0 Å². The molecule has 1 aromatic heterocycles. The predicted molar refractivity (Wildman–Crippen MR) is 89.3 cm³/mol. The van der Waals surface area contributed by atoms with Gasteiger partial charge in [0.2, 0.25) is 0 Å². The van der Waals surface area contributed by atoms with Gasteiger partial charge in [0.05, 0.1) is 5.01 Å². The summed E-state index contributed by atoms with van der Waals surface area (Å²) in [5.74, 6) is 0.853. The molecule has 0 amide bonds. The van der Waals surface area contributed by atoms with Crippen LogP contribution < -0.4 is 5.32 Å². The molecule has 1 spiro atoms. The van der Waals surface area contributed by atoms with Gasteiger partial charge >= 0.3 is 6.18 Å². The third kappa shape index (κ3) is 3.84. The highest BCUT2D eigenvalue weighted by molar-refractivity contribution is 7.09. The summed E-state index contributed by atoms with van der Waals surface area (Å²) in [6.45, 7) is 2.60. The molecule has 1 saturated carbocycles. The molecule has 1 aliphatic heterocycles. The molecule has 0 atom stereocenters. The fraction of sp³-hybridized carbons (Fsp3) is 0.750. The first-order valence-electron chi connectivity index (χ1n) is 8.39. The minimum Gasteiger partial charge on any atom is -0.356 e. The number of aromatic nitrogens is 1. The molecule has 4 nitrogen and oxygen atoms in total. The van der Waals surface area contributed by atoms with Gasteiger partial charge in [-0.15, -0.1) is 11.3 Å². The van der Waals surface area contributed by atoms with Crippen LogP contribution in [0.1, 0.15) is 42.8 Å². The summed E-state index contributed by atoms with van der Waals surface area (Å²) in [6.07, 6.45) is 2.59. The first kappa shape index (κ1) is 17.5. The summed E-state index contributed by atoms with van der Waals surface area (Å²) in [5, 5.41) is 4.85. The summed E-state index contributed by atoms with van der Waals surface area (Å²) >= 11 is 1.06. The third-order valence-corrected chi connectivity index (χ3v) is 5.99. The molecule has 1 aliphatic carbocycles. The Morgan fingerprint density at radius 1 is 1.38 bits per heavy atom. The van der Waals surface area contributed by atoms with Crippen LogP contribution in [0.2, 0.25) is 0 Å². The second-order valence-corrected chi connectivity index (χ2v) is 7.67. The number of nitrogens with zero attached hydrogens (tertiary/aromatic N) is 3. The standard InChI is InChI=1S/C16H23F3N4S/c1-20-14(23-9-7-15(11-23)5-2-3-6-15)21-8-4-13-22-12(10-24-13)16(17,18)19/h10H,2-9,11H2,1H3,(H,20,21). The molecule has 1 saturated heterocycles. The van der Waals surface area contributed by atoms with Crippen molar-refractivity contribution in [1.82, 2.24) is 15.2 Å². The zero-order valence-corrected chi connectivity index (χ0v) is 14.6. The van der Waals surface area contributed by atoms with Gasteiger partial charge in [-0.05, 0) is 24.7 Å². The number of likely N-dealkylation sites (tertiary alicyclic amines) is 1. The molecular weight excluding hydrogens is 337 g/mol. The number of halogens is 3. The van der Waals surface area contributed by atoms with Gasteiger partial charge in [-0.3, -0.25) is 4.99 Å². The fourth-order valence-corrected chi connectivity index (χ4v) is 4.62. The van der Waals surface area contributed by atoms with Gasteiger partial charge in [0.15, 0.2) is 11.7 Å². The number of alkyl halides is 3. The van der Waals surface area contributed by atoms with Crippen molar-refractivity contribution in [3.8, 4) is 0 Å². The van der Waals surface area contributed by atoms with Crippen LogP contribution in [0.25, 0.3) is 0 Å². The van der Waals surface area contributed by atoms with Crippen molar-refractivity contribution in [3.63, 3.8) is 0 Å². The van der Waals surface area contributed by atoms with E-state index in [-0.39, 0.29) is 0 Å². The largest absolute Gasteiger partial charge is 0.434 e. The number of hydrogen-bond donors (Lipinski definition) is 1. The van der Waals surface area contributed by atoms with Gasteiger partial charge in [0, 0.05) is 38.5 Å². The van der Waals surface area contributed by atoms with Crippen molar-refractivity contribution in [3.05, 3.63) is 16.1 Å². The maximum atomic E-state index is 12.6. The van der Waals surface area contributed by atoms with Gasteiger partial charge < -0.3 is 10.2 Å². The molecule has 2 heterocycles. The molecule has 1 N–H and O–H groups in total. The lowest BCUT2D eigenvalue weighted by Crippen LogP contribution is -2.41. The van der Waals surface area contributed by atoms with E-state index in [1.54, 1.807) is 7.05 Å². The molecular formula is C16H23F3N4S. The van der Waals surface area contributed by atoms with Crippen LogP contribution in [-0.4, -0.2) is 42.5 Å². The van der Waals surface area contributed by atoms with E-state index in [1.807, 2.05) is 0 Å². The van der Waals surface area contributed by atoms with Crippen LogP contribution in [-0.2, 0) is 12.6 Å². The van der Waals surface area contributed by atoms with E-state index in [2.05, 4.69) is 20.2 Å². The number of guanidine groups is 1. The molecule has 8 heteroatoms. The Morgan fingerprint density at radius 2 is 2.12 bits per heavy atom. The second-order valence-electron chi connectivity index (χ2n) is 6.73. The van der Waals surface area contributed by atoms with E-state index in [4.69, 9.17) is 0 Å². The summed E-state index contributed by atoms with van der Waals surface area (Å²) in [4.78, 5) is 10.3. The van der Waals surface area contributed by atoms with Crippen LogP contribution >= 0.6 is 11.3 Å². The first-order chi connectivity index (χ1) is 11.4. The lowest BCUT2D eigenvalue weighted by molar-refractivity contribution is -0.140. The first-order valence-corrected chi connectivity index (χ1v) is 9.27. The Bertz CT molecular complexity index is 590. The number of thiazole rings is 1. The Morgan fingerprint density at radius 3 is 2.75 bits per heavy atom. The number of hydrogen-bond acceptors (Lipinski definition) is 3. The topological polar surface area (TPSA) is 40.5 Å². The Labute approximate surface area is 144 Å². The van der Waals surface area contributed by atoms with Crippen LogP contribution in [0.15, 0.2) is 10.4 Å². The highest BCUT2D eigenvalue weighted by atomic mass is 32.1. The molecule has 0 bridgehead atoms. The number of rotatable bonds is 3. The summed E-state index contributed by atoms with van der Waals surface area (Å²) in [7, 11) is 1.76. The molecule has 2 aliphatic rings. The van der Waals surface area contributed by atoms with E-state index in [9.17, 15) is 13.2 Å². The maximum absolute atomic E-state index is 12.6. The van der Waals surface area contributed by atoms with Crippen molar-refractivity contribution < 1.29 is 13.2 Å². The minimum absolute atomic E-state index is 0.467. The van der Waals surface area contributed by atoms with E-state index in [1.165, 1.54) is 32.1 Å². The van der Waals surface area contributed by atoms with E-state index in [0.717, 1.165) is 35.8 Å². The molecule has 0 aromatic carbocycles. The quantitative estimate of drug-likeness (QED) is 0.662. The summed E-state index contributed by atoms with van der Waals surface area (Å²) in [5.41, 5.74) is -0.330. The van der Waals surface area contributed by atoms with Crippen molar-refractivity contribution in [2.24, 2.45) is 10.4 Å². The van der Waals surface area contributed by atoms with E-state index in [0.29, 0.717) is 23.4 Å². The van der Waals surface area contributed by atoms with E-state index < -0.39 is 11.9 Å². The zero-order chi connectivity index (χ0) is 17.2. The van der Waals surface area contributed by atoms with Gasteiger partial charge in [0.25, 0.3) is 0 Å². The number of nitrogens with one attached hydrogen (secondary N) is 1. The van der Waals surface area contributed by atoms with Gasteiger partial charge in [-0.25, -0.2) is 4.98 Å². The third-order valence-electron chi connectivity index (χ3n) is 5.08. The molecule has 24 heavy (non-hydrogen) atoms. The van der Waals surface area contributed by atoms with Gasteiger partial charge in [-0.2, -0.15) is 13.2 Å². The van der Waals surface area contributed by atoms with Gasteiger partial charge in [-0.1, -0.05) is 12.8 Å². The van der Waals surface area contributed by atoms with Crippen molar-refractivity contribution in [2.75, 3.05) is 26.7 Å². The average Bonchev–Trinajstić information content (AvgIpc) is 3.26. The minimum atomic E-state index is -4.36. The van der Waals surface area contributed by atoms with Crippen molar-refractivity contribution >= 4 is 17.3 Å². The molecule has 0 unspecified atom stereocenters. The Hall–Kier alpha value is -1.31. The Balaban J connectivity index is 1.49. The number of aliphatic imine (C=N–C) groups is 1. The lowest BCUT2D eigenvalue weighted by Gasteiger charge is -2.25. The van der Waals surface area contributed by atoms with Crippen molar-refractivity contribution in [1.29, 1.82) is 0 Å². The summed E-state index contributed by atoms with van der Waals surface area (Å²) < 4.78 is 37.7. The van der Waals surface area contributed by atoms with Gasteiger partial charge in [0.1, 0.15) is 0 Å². The fourth-order valence-electron chi connectivity index (χ4n) is 3.82. The smallest absolute Gasteiger partial charge is 0.356 e. The zero-order valence-electron chi connectivity index (χ0n) is 13.8. The highest BCUT2D eigenvalue weighted by Gasteiger charge is 2.41. The predicted octanol–water partition coefficient (Wildman–Crippen LogP) is 3.55. The van der Waals surface area contributed by atoms with Crippen LogP contribution in [0, 0.1) is 5.41 Å². The average molecular weight is 360 g/mol. The SMILES string of the molecule is CN=C(NCCc1nc(C(F)(F)F)cs1)N1CCC2(CCCC2)C1. The molecule has 3 rings (SSSR count). The van der Waals surface area contributed by atoms with Crippen LogP contribution in [0.4, 0.5) is 13.2 Å². The molecule has 1 aromatic rings. The monoisotopic (exact) mass is 360 g/mol. The molecule has 134 valence electrons. The Kier molecular flexibility index (Phi) is 5.03. The van der Waals surface area contributed by atoms with Crippen LogP contribution in [0.5, 0.6) is 0 Å². The second kappa shape index (κ2) is 6.90. The summed E-state index contributed by atoms with van der Waals surface area (Å²) in [6, 6.07) is 0. The maximum Gasteiger partial charge on any atom is 0.434 e. The normalized spacial score (nSPS) is 21.0. The van der Waals surface area contributed by atoms with E-state index >= 15 is 0 Å². The molecule has 0 radical (unpaired) electrons. The lowest BCUT2D eigenvalue weighted by atomic mass is 9.86.